The van der Waals surface area contributed by atoms with Crippen LogP contribution in [-0.4, -0.2) is 34.5 Å². The molecule has 9 atom stereocenters. The molecule has 0 spiro atoms. The number of carbonyl (C=O) groups excluding carboxylic acids is 2. The first kappa shape index (κ1) is 16.4. The van der Waals surface area contributed by atoms with Crippen LogP contribution in [0.4, 0.5) is 0 Å². The van der Waals surface area contributed by atoms with Crippen molar-refractivity contribution in [1.82, 2.24) is 0 Å². The summed E-state index contributed by atoms with van der Waals surface area (Å²) in [5.41, 5.74) is -1.24. The van der Waals surface area contributed by atoms with E-state index in [-0.39, 0.29) is 29.2 Å². The summed E-state index contributed by atoms with van der Waals surface area (Å²) in [4.78, 5) is 25.8. The van der Waals surface area contributed by atoms with Crippen molar-refractivity contribution in [1.29, 1.82) is 0 Å². The lowest BCUT2D eigenvalue weighted by atomic mass is 9.44. The second-order valence-corrected chi connectivity index (χ2v) is 10.0. The van der Waals surface area contributed by atoms with Crippen molar-refractivity contribution in [3.05, 3.63) is 0 Å². The molecule has 1 heterocycles. The first-order chi connectivity index (χ1) is 11.7. The topological polar surface area (TPSA) is 66.9 Å². The van der Waals surface area contributed by atoms with Gasteiger partial charge in [0.05, 0.1) is 17.6 Å². The Morgan fingerprint density at radius 3 is 2.64 bits per heavy atom. The van der Waals surface area contributed by atoms with Crippen LogP contribution < -0.4 is 0 Å². The molecular formula is C21H30O4. The third-order valence-corrected chi connectivity index (χ3v) is 9.45. The molecule has 1 aliphatic heterocycles. The van der Waals surface area contributed by atoms with E-state index in [1.807, 2.05) is 6.92 Å². The summed E-state index contributed by atoms with van der Waals surface area (Å²) in [5.74, 6) is 2.12. The molecule has 0 radical (unpaired) electrons. The van der Waals surface area contributed by atoms with Crippen molar-refractivity contribution >= 4 is 11.6 Å². The maximum atomic E-state index is 13.4. The van der Waals surface area contributed by atoms with Crippen LogP contribution >= 0.6 is 0 Å². The summed E-state index contributed by atoms with van der Waals surface area (Å²) in [7, 11) is 0. The van der Waals surface area contributed by atoms with Gasteiger partial charge < -0.3 is 9.84 Å². The molecule has 0 aromatic rings. The highest BCUT2D eigenvalue weighted by Gasteiger charge is 2.82. The maximum absolute atomic E-state index is 13.4. The van der Waals surface area contributed by atoms with E-state index >= 15 is 0 Å². The molecule has 138 valence electrons. The fraction of sp³-hybridized carbons (Fsp3) is 0.905. The Morgan fingerprint density at radius 1 is 1.16 bits per heavy atom. The van der Waals surface area contributed by atoms with E-state index in [1.54, 1.807) is 6.92 Å². The standard InChI is InChI=1S/C21H30O4/c1-11(22)21-18(25-21)10-16-14-5-4-12-8-13(23)6-7-19(12,2)15(14)9-17(24)20(16,21)3/h12-16,18,23H,4-10H2,1-3H3/t12-,13-,14+,15-,16-,18+,19-,20+,21+/m0/s1. The van der Waals surface area contributed by atoms with Gasteiger partial charge in [-0.3, -0.25) is 9.59 Å². The number of aliphatic hydroxyl groups is 1. The molecule has 4 heteroatoms. The monoisotopic (exact) mass is 346 g/mol. The second-order valence-electron chi connectivity index (χ2n) is 10.0. The Balaban J connectivity index is 1.52. The molecule has 5 rings (SSSR count). The minimum absolute atomic E-state index is 0.0265. The summed E-state index contributed by atoms with van der Waals surface area (Å²) in [6.07, 6.45) is 6.41. The van der Waals surface area contributed by atoms with Gasteiger partial charge in [0.2, 0.25) is 0 Å². The quantitative estimate of drug-likeness (QED) is 0.741. The zero-order valence-corrected chi connectivity index (χ0v) is 15.6. The normalized spacial score (nSPS) is 59.4. The van der Waals surface area contributed by atoms with Crippen molar-refractivity contribution in [3.63, 3.8) is 0 Å². The third kappa shape index (κ3) is 1.72. The number of carbonyl (C=O) groups is 2. The Bertz CT molecular complexity index is 658. The number of Topliss-reactive ketones (excluding diaryl/α,β-unsaturated/α-hetero) is 2. The van der Waals surface area contributed by atoms with Crippen molar-refractivity contribution in [2.75, 3.05) is 0 Å². The van der Waals surface area contributed by atoms with Gasteiger partial charge in [-0.2, -0.15) is 0 Å². The van der Waals surface area contributed by atoms with Crippen molar-refractivity contribution < 1.29 is 19.4 Å². The van der Waals surface area contributed by atoms with E-state index in [0.29, 0.717) is 30.1 Å². The van der Waals surface area contributed by atoms with E-state index in [0.717, 1.165) is 38.5 Å². The molecular weight excluding hydrogens is 316 g/mol. The van der Waals surface area contributed by atoms with Gasteiger partial charge in [0.15, 0.2) is 11.4 Å². The summed E-state index contributed by atoms with van der Waals surface area (Å²) in [5, 5.41) is 10.1. The van der Waals surface area contributed by atoms with Gasteiger partial charge in [-0.1, -0.05) is 6.92 Å². The third-order valence-electron chi connectivity index (χ3n) is 9.45. The average molecular weight is 346 g/mol. The Morgan fingerprint density at radius 2 is 1.92 bits per heavy atom. The predicted octanol–water partition coefficient (Wildman–Crippen LogP) is 2.91. The SMILES string of the molecule is CC(=O)[C@@]12O[C@@H]1C[C@H]1[C@@H]3CC[C@H]4C[C@@H](O)CC[C@]4(C)[C@H]3CC(=O)[C@@]12C. The van der Waals surface area contributed by atoms with Crippen LogP contribution in [0.2, 0.25) is 0 Å². The van der Waals surface area contributed by atoms with Crippen LogP contribution in [0.5, 0.6) is 0 Å². The summed E-state index contributed by atoms with van der Waals surface area (Å²) < 4.78 is 5.87. The zero-order valence-electron chi connectivity index (χ0n) is 15.6. The lowest BCUT2D eigenvalue weighted by molar-refractivity contribution is -0.169. The van der Waals surface area contributed by atoms with E-state index in [1.165, 1.54) is 0 Å². The molecule has 5 aliphatic rings. The minimum Gasteiger partial charge on any atom is -0.393 e. The largest absolute Gasteiger partial charge is 0.393 e. The van der Waals surface area contributed by atoms with Crippen LogP contribution in [0, 0.1) is 34.5 Å². The number of ketones is 2. The molecule has 5 fully saturated rings. The molecule has 0 aromatic heterocycles. The first-order valence-electron chi connectivity index (χ1n) is 10.2. The fourth-order valence-electron chi connectivity index (χ4n) is 7.99. The lowest BCUT2D eigenvalue weighted by Crippen LogP contribution is -2.60. The Labute approximate surface area is 149 Å². The van der Waals surface area contributed by atoms with E-state index in [4.69, 9.17) is 4.74 Å². The van der Waals surface area contributed by atoms with Gasteiger partial charge >= 0.3 is 0 Å². The first-order valence-corrected chi connectivity index (χ1v) is 10.2. The number of epoxide rings is 1. The number of hydrogen-bond donors (Lipinski definition) is 1. The van der Waals surface area contributed by atoms with Crippen molar-refractivity contribution in [2.45, 2.75) is 83.5 Å². The summed E-state index contributed by atoms with van der Waals surface area (Å²) in [6.45, 7) is 6.01. The molecule has 4 saturated carbocycles. The summed E-state index contributed by atoms with van der Waals surface area (Å²) >= 11 is 0. The lowest BCUT2D eigenvalue weighted by Gasteiger charge is -2.60. The number of rotatable bonds is 1. The molecule has 0 amide bonds. The second kappa shape index (κ2) is 4.75. The number of fused-ring (bicyclic) bond motifs is 7. The molecule has 0 aromatic carbocycles. The molecule has 4 nitrogen and oxygen atoms in total. The van der Waals surface area contributed by atoms with Gasteiger partial charge in [0, 0.05) is 6.42 Å². The van der Waals surface area contributed by atoms with Crippen LogP contribution in [0.3, 0.4) is 0 Å². The van der Waals surface area contributed by atoms with Crippen LogP contribution in [-0.2, 0) is 14.3 Å². The van der Waals surface area contributed by atoms with Gasteiger partial charge in [-0.15, -0.1) is 0 Å². The van der Waals surface area contributed by atoms with E-state index in [2.05, 4.69) is 6.92 Å². The average Bonchev–Trinajstić information content (AvgIpc) is 3.23. The van der Waals surface area contributed by atoms with Crippen molar-refractivity contribution in [2.24, 2.45) is 34.5 Å². The zero-order chi connectivity index (χ0) is 17.8. The van der Waals surface area contributed by atoms with Crippen LogP contribution in [0.25, 0.3) is 0 Å². The molecule has 4 aliphatic carbocycles. The maximum Gasteiger partial charge on any atom is 0.165 e. The predicted molar refractivity (Wildman–Crippen MR) is 91.8 cm³/mol. The summed E-state index contributed by atoms with van der Waals surface area (Å²) in [6, 6.07) is 0. The molecule has 25 heavy (non-hydrogen) atoms. The molecule has 1 N–H and O–H groups in total. The van der Waals surface area contributed by atoms with Gasteiger partial charge in [-0.25, -0.2) is 0 Å². The fourth-order valence-corrected chi connectivity index (χ4v) is 7.99. The minimum atomic E-state index is -0.805. The Kier molecular flexibility index (Phi) is 3.12. The molecule has 0 bridgehead atoms. The van der Waals surface area contributed by atoms with Gasteiger partial charge in [0.1, 0.15) is 5.78 Å². The number of aliphatic hydroxyl groups excluding tert-OH is 1. The highest BCUT2D eigenvalue weighted by molar-refractivity contribution is 6.00. The molecule has 0 unspecified atom stereocenters. The van der Waals surface area contributed by atoms with E-state index in [9.17, 15) is 14.7 Å². The number of ether oxygens (including phenoxy) is 1. The molecule has 1 saturated heterocycles. The Hall–Kier alpha value is -0.740. The van der Waals surface area contributed by atoms with Gasteiger partial charge in [-0.05, 0) is 81.5 Å². The van der Waals surface area contributed by atoms with Gasteiger partial charge in [0.25, 0.3) is 0 Å². The smallest absolute Gasteiger partial charge is 0.165 e. The highest BCUT2D eigenvalue weighted by atomic mass is 16.6. The highest BCUT2D eigenvalue weighted by Crippen LogP contribution is 2.72. The number of hydrogen-bond acceptors (Lipinski definition) is 4. The van der Waals surface area contributed by atoms with Crippen LogP contribution in [0.15, 0.2) is 0 Å². The van der Waals surface area contributed by atoms with Crippen molar-refractivity contribution in [3.8, 4) is 0 Å². The van der Waals surface area contributed by atoms with Crippen LogP contribution in [0.1, 0.15) is 65.7 Å². The van der Waals surface area contributed by atoms with E-state index < -0.39 is 11.0 Å².